The molecule has 0 aliphatic heterocycles. The van der Waals surface area contributed by atoms with Crippen LogP contribution in [-0.4, -0.2) is 22.7 Å². The predicted octanol–water partition coefficient (Wildman–Crippen LogP) is 4.03. The summed E-state index contributed by atoms with van der Waals surface area (Å²) in [5.41, 5.74) is 8.89. The van der Waals surface area contributed by atoms with E-state index in [-0.39, 0.29) is 17.6 Å². The number of hydrogen-bond acceptors (Lipinski definition) is 4. The Morgan fingerprint density at radius 1 is 1.17 bits per heavy atom. The molecular weight excluding hydrogens is 374 g/mol. The molecule has 5 heteroatoms. The number of nitrogens with one attached hydrogen (secondary N) is 1. The largest absolute Gasteiger partial charge is 0.384 e. The van der Waals surface area contributed by atoms with Crippen LogP contribution in [0.5, 0.6) is 0 Å². The molecule has 1 aromatic carbocycles. The lowest BCUT2D eigenvalue weighted by molar-refractivity contribution is -0.131. The van der Waals surface area contributed by atoms with Crippen molar-refractivity contribution in [2.45, 2.75) is 64.8 Å². The van der Waals surface area contributed by atoms with Crippen molar-refractivity contribution in [2.75, 3.05) is 5.73 Å². The van der Waals surface area contributed by atoms with Gasteiger partial charge in [-0.2, -0.15) is 0 Å². The second-order valence-corrected chi connectivity index (χ2v) is 8.60. The monoisotopic (exact) mass is 407 g/mol. The van der Waals surface area contributed by atoms with Gasteiger partial charge in [0, 0.05) is 18.0 Å². The Balaban J connectivity index is 1.47. The minimum absolute atomic E-state index is 0.00579. The highest BCUT2D eigenvalue weighted by molar-refractivity contribution is 5.89. The molecule has 0 bridgehead atoms. The van der Waals surface area contributed by atoms with Gasteiger partial charge in [-0.25, -0.2) is 4.98 Å². The van der Waals surface area contributed by atoms with E-state index in [1.54, 1.807) is 13.0 Å². The van der Waals surface area contributed by atoms with E-state index in [1.807, 2.05) is 19.1 Å². The van der Waals surface area contributed by atoms with Crippen molar-refractivity contribution in [2.24, 2.45) is 11.8 Å². The fourth-order valence-electron chi connectivity index (χ4n) is 4.42. The summed E-state index contributed by atoms with van der Waals surface area (Å²) in [5, 5.41) is 2.97. The maximum atomic E-state index is 12.8. The number of anilines is 1. The first-order valence-electron chi connectivity index (χ1n) is 11.0. The predicted molar refractivity (Wildman–Crippen MR) is 120 cm³/mol. The van der Waals surface area contributed by atoms with E-state index in [4.69, 9.17) is 5.73 Å². The number of pyridine rings is 1. The van der Waals surface area contributed by atoms with Crippen molar-refractivity contribution in [3.63, 3.8) is 0 Å². The summed E-state index contributed by atoms with van der Waals surface area (Å²) in [5.74, 6) is 1.10. The van der Waals surface area contributed by atoms with Gasteiger partial charge in [-0.1, -0.05) is 49.2 Å². The molecule has 1 aliphatic carbocycles. The van der Waals surface area contributed by atoms with Gasteiger partial charge in [0.2, 0.25) is 5.91 Å². The summed E-state index contributed by atoms with van der Waals surface area (Å²) in [6.45, 7) is 3.69. The van der Waals surface area contributed by atoms with E-state index in [0.29, 0.717) is 24.6 Å². The van der Waals surface area contributed by atoms with E-state index >= 15 is 0 Å². The molecule has 1 fully saturated rings. The number of nitrogens with zero attached hydrogens (tertiary/aromatic N) is 1. The molecule has 160 valence electrons. The Labute approximate surface area is 179 Å². The molecular formula is C25H33N3O2. The second-order valence-electron chi connectivity index (χ2n) is 8.60. The number of aromatic nitrogens is 1. The SMILES string of the molecule is Cc1nc(N)ccc1CCC(=O)[C@H](C)NC(=O)[C@H]1CCC[C@@H](Cc2ccccc2)C1. The zero-order chi connectivity index (χ0) is 21.5. The van der Waals surface area contributed by atoms with E-state index in [0.717, 1.165) is 36.9 Å². The fourth-order valence-corrected chi connectivity index (χ4v) is 4.42. The van der Waals surface area contributed by atoms with Crippen LogP contribution in [0.25, 0.3) is 0 Å². The third-order valence-electron chi connectivity index (χ3n) is 6.22. The molecule has 2 aromatic rings. The molecule has 1 aliphatic rings. The van der Waals surface area contributed by atoms with E-state index in [2.05, 4.69) is 34.6 Å². The van der Waals surface area contributed by atoms with Gasteiger partial charge in [0.15, 0.2) is 5.78 Å². The highest BCUT2D eigenvalue weighted by Gasteiger charge is 2.29. The van der Waals surface area contributed by atoms with Gasteiger partial charge in [-0.05, 0) is 62.6 Å². The molecule has 1 aromatic heterocycles. The highest BCUT2D eigenvalue weighted by Crippen LogP contribution is 2.31. The van der Waals surface area contributed by atoms with Crippen molar-refractivity contribution >= 4 is 17.5 Å². The van der Waals surface area contributed by atoms with Crippen molar-refractivity contribution in [1.82, 2.24) is 10.3 Å². The third-order valence-corrected chi connectivity index (χ3v) is 6.22. The van der Waals surface area contributed by atoms with Gasteiger partial charge in [0.1, 0.15) is 5.82 Å². The zero-order valence-electron chi connectivity index (χ0n) is 18.1. The van der Waals surface area contributed by atoms with Gasteiger partial charge in [0.25, 0.3) is 0 Å². The smallest absolute Gasteiger partial charge is 0.223 e. The summed E-state index contributed by atoms with van der Waals surface area (Å²) in [6, 6.07) is 13.7. The minimum Gasteiger partial charge on any atom is -0.384 e. The number of nitrogen functional groups attached to an aromatic ring is 1. The molecule has 3 atom stereocenters. The van der Waals surface area contributed by atoms with Crippen LogP contribution in [0.2, 0.25) is 0 Å². The second kappa shape index (κ2) is 10.4. The average molecular weight is 408 g/mol. The molecule has 3 N–H and O–H groups in total. The molecule has 5 nitrogen and oxygen atoms in total. The summed E-state index contributed by atoms with van der Waals surface area (Å²) < 4.78 is 0. The van der Waals surface area contributed by atoms with Crippen LogP contribution < -0.4 is 11.1 Å². The van der Waals surface area contributed by atoms with Crippen molar-refractivity contribution in [1.29, 1.82) is 0 Å². The maximum Gasteiger partial charge on any atom is 0.223 e. The number of ketones is 1. The van der Waals surface area contributed by atoms with Gasteiger partial charge < -0.3 is 11.1 Å². The molecule has 1 heterocycles. The van der Waals surface area contributed by atoms with Crippen LogP contribution >= 0.6 is 0 Å². The summed E-state index contributed by atoms with van der Waals surface area (Å²) in [6.07, 6.45) is 6.07. The van der Waals surface area contributed by atoms with Crippen LogP contribution in [-0.2, 0) is 22.4 Å². The molecule has 0 unspecified atom stereocenters. The summed E-state index contributed by atoms with van der Waals surface area (Å²) >= 11 is 0. The Bertz CT molecular complexity index is 866. The summed E-state index contributed by atoms with van der Waals surface area (Å²) in [7, 11) is 0. The minimum atomic E-state index is -0.464. The van der Waals surface area contributed by atoms with E-state index in [1.165, 1.54) is 12.0 Å². The van der Waals surface area contributed by atoms with Crippen molar-refractivity contribution in [3.8, 4) is 0 Å². The van der Waals surface area contributed by atoms with Gasteiger partial charge >= 0.3 is 0 Å². The number of carbonyl (C=O) groups is 2. The zero-order valence-corrected chi connectivity index (χ0v) is 18.1. The Morgan fingerprint density at radius 2 is 1.93 bits per heavy atom. The van der Waals surface area contributed by atoms with Crippen molar-refractivity contribution < 1.29 is 9.59 Å². The number of carbonyl (C=O) groups excluding carboxylic acids is 2. The number of amides is 1. The first kappa shape index (κ1) is 22.0. The van der Waals surface area contributed by atoms with Crippen LogP contribution in [0.15, 0.2) is 42.5 Å². The standard InChI is InChI=1S/C25H33N3O2/c1-17-21(12-14-24(26)27-17)11-13-23(29)18(2)28-25(30)22-10-6-9-20(16-22)15-19-7-4-3-5-8-19/h3-5,7-8,12,14,18,20,22H,6,9-11,13,15-16H2,1-2H3,(H2,26,27)(H,28,30)/t18-,20-,22-/m0/s1. The van der Waals surface area contributed by atoms with Gasteiger partial charge in [-0.15, -0.1) is 0 Å². The topological polar surface area (TPSA) is 85.1 Å². The van der Waals surface area contributed by atoms with Crippen LogP contribution in [0.4, 0.5) is 5.82 Å². The maximum absolute atomic E-state index is 12.8. The number of hydrogen-bond donors (Lipinski definition) is 2. The number of rotatable bonds is 8. The summed E-state index contributed by atoms with van der Waals surface area (Å²) in [4.78, 5) is 29.6. The quantitative estimate of drug-likeness (QED) is 0.692. The molecule has 0 spiro atoms. The molecule has 1 amide bonds. The van der Waals surface area contributed by atoms with Crippen LogP contribution in [0.1, 0.15) is 55.8 Å². The molecule has 3 rings (SSSR count). The number of nitrogens with two attached hydrogens (primary N) is 1. The molecule has 1 saturated carbocycles. The third kappa shape index (κ3) is 6.15. The highest BCUT2D eigenvalue weighted by atomic mass is 16.2. The number of aryl methyl sites for hydroxylation is 2. The van der Waals surface area contributed by atoms with Gasteiger partial charge in [-0.3, -0.25) is 9.59 Å². The van der Waals surface area contributed by atoms with E-state index < -0.39 is 6.04 Å². The van der Waals surface area contributed by atoms with Crippen molar-refractivity contribution in [3.05, 3.63) is 59.3 Å². The van der Waals surface area contributed by atoms with Crippen LogP contribution in [0.3, 0.4) is 0 Å². The molecule has 30 heavy (non-hydrogen) atoms. The lowest BCUT2D eigenvalue weighted by Crippen LogP contribution is -2.43. The lowest BCUT2D eigenvalue weighted by Gasteiger charge is -2.29. The normalized spacial score (nSPS) is 19.8. The molecule has 0 saturated heterocycles. The Morgan fingerprint density at radius 3 is 2.67 bits per heavy atom. The number of benzene rings is 1. The first-order valence-corrected chi connectivity index (χ1v) is 11.0. The Hall–Kier alpha value is -2.69. The first-order chi connectivity index (χ1) is 14.4. The average Bonchev–Trinajstić information content (AvgIpc) is 2.73. The lowest BCUT2D eigenvalue weighted by atomic mass is 9.78. The fraction of sp³-hybridized carbons (Fsp3) is 0.480. The van der Waals surface area contributed by atoms with E-state index in [9.17, 15) is 9.59 Å². The van der Waals surface area contributed by atoms with Crippen LogP contribution in [0, 0.1) is 18.8 Å². The van der Waals surface area contributed by atoms with Gasteiger partial charge in [0.05, 0.1) is 6.04 Å². The molecule has 0 radical (unpaired) electrons. The Kier molecular flexibility index (Phi) is 7.61. The number of Topliss-reactive ketones (excluding diaryl/α,β-unsaturated/α-hetero) is 1.